The predicted molar refractivity (Wildman–Crippen MR) is 26.4 cm³/mol. The summed E-state index contributed by atoms with van der Waals surface area (Å²) in [7, 11) is 0. The van der Waals surface area contributed by atoms with Gasteiger partial charge in [0.1, 0.15) is 0 Å². The molecule has 0 aromatic carbocycles. The molecule has 0 aliphatic heterocycles. The van der Waals surface area contributed by atoms with E-state index in [-0.39, 0.29) is 0 Å². The molecule has 0 fully saturated rings. The maximum Gasteiger partial charge on any atom is 0.240 e. The maximum absolute atomic E-state index is 4.91. The second-order valence-corrected chi connectivity index (χ2v) is 1.19. The lowest BCUT2D eigenvalue weighted by Gasteiger charge is -1.91. The van der Waals surface area contributed by atoms with Crippen LogP contribution in [0.1, 0.15) is 6.92 Å². The van der Waals surface area contributed by atoms with Gasteiger partial charge < -0.3 is 4.74 Å². The second kappa shape index (κ2) is 2.30. The summed E-state index contributed by atoms with van der Waals surface area (Å²) in [5.74, 6) is 0.493. The van der Waals surface area contributed by atoms with Gasteiger partial charge in [0.15, 0.2) is 6.20 Å². The van der Waals surface area contributed by atoms with Gasteiger partial charge in [-0.25, -0.2) is 5.10 Å². The van der Waals surface area contributed by atoms with E-state index in [1.165, 1.54) is 0 Å². The third-order valence-electron chi connectivity index (χ3n) is 0.642. The van der Waals surface area contributed by atoms with Crippen molar-refractivity contribution in [3.63, 3.8) is 0 Å². The summed E-state index contributed by atoms with van der Waals surface area (Å²) < 4.78 is 4.91. The van der Waals surface area contributed by atoms with E-state index >= 15 is 0 Å². The first-order valence-electron chi connectivity index (χ1n) is 2.35. The molecule has 1 heterocycles. The predicted octanol–water partition coefficient (Wildman–Crippen LogP) is 0.00359. The molecule has 0 amide bonds. The number of rotatable bonds is 2. The van der Waals surface area contributed by atoms with Gasteiger partial charge in [0.2, 0.25) is 5.88 Å². The second-order valence-electron chi connectivity index (χ2n) is 1.19. The number of aromatic nitrogens is 3. The van der Waals surface area contributed by atoms with Crippen molar-refractivity contribution in [2.45, 2.75) is 6.92 Å². The van der Waals surface area contributed by atoms with Crippen LogP contribution < -0.4 is 4.74 Å². The Balaban J connectivity index is 2.50. The van der Waals surface area contributed by atoms with Crippen molar-refractivity contribution in [1.29, 1.82) is 0 Å². The fraction of sp³-hybridized carbons (Fsp3) is 0.500. The molecule has 4 heteroatoms. The normalized spacial score (nSPS) is 9.12. The van der Waals surface area contributed by atoms with Crippen LogP contribution in [-0.4, -0.2) is 22.0 Å². The molecule has 0 aliphatic rings. The lowest BCUT2D eigenvalue weighted by molar-refractivity contribution is 0.325. The zero-order chi connectivity index (χ0) is 5.82. The summed E-state index contributed by atoms with van der Waals surface area (Å²) >= 11 is 0. The Hall–Kier alpha value is -1.06. The molecule has 0 atom stereocenters. The molecular weight excluding hydrogens is 106 g/mol. The highest BCUT2D eigenvalue weighted by Crippen LogP contribution is 1.96. The largest absolute Gasteiger partial charge is 0.477 e. The fourth-order valence-electron chi connectivity index (χ4n) is 0.375. The van der Waals surface area contributed by atoms with Gasteiger partial charge in [-0.05, 0) is 6.92 Å². The highest BCUT2D eigenvalue weighted by Gasteiger charge is 1.89. The van der Waals surface area contributed by atoms with Crippen molar-refractivity contribution in [3.05, 3.63) is 6.20 Å². The van der Waals surface area contributed by atoms with Crippen LogP contribution in [-0.2, 0) is 0 Å². The third-order valence-corrected chi connectivity index (χ3v) is 0.642. The lowest BCUT2D eigenvalue weighted by Crippen LogP contribution is -1.90. The number of H-pyrrole nitrogens is 1. The molecule has 8 heavy (non-hydrogen) atoms. The smallest absolute Gasteiger partial charge is 0.240 e. The standard InChI is InChI=1S/C4H6N3O/c1-2-8-4-3-5-7-6-4/h2H2,1H3,(H,5,6,7). The molecule has 0 unspecified atom stereocenters. The molecular formula is C4H6N3O. The van der Waals surface area contributed by atoms with Crippen LogP contribution in [0.4, 0.5) is 0 Å². The van der Waals surface area contributed by atoms with Crippen molar-refractivity contribution < 1.29 is 4.74 Å². The van der Waals surface area contributed by atoms with Crippen molar-refractivity contribution >= 4 is 0 Å². The number of nitrogens with zero attached hydrogens (tertiary/aromatic N) is 2. The zero-order valence-corrected chi connectivity index (χ0v) is 4.51. The first kappa shape index (κ1) is 5.08. The van der Waals surface area contributed by atoms with E-state index in [1.54, 1.807) is 0 Å². The van der Waals surface area contributed by atoms with Gasteiger partial charge in [-0.1, -0.05) is 5.21 Å². The molecule has 1 radical (unpaired) electrons. The van der Waals surface area contributed by atoms with E-state index in [4.69, 9.17) is 4.74 Å². The molecule has 0 saturated heterocycles. The molecule has 0 spiro atoms. The Morgan fingerprint density at radius 3 is 3.25 bits per heavy atom. The highest BCUT2D eigenvalue weighted by atomic mass is 16.5. The molecule has 0 saturated carbocycles. The SMILES string of the molecule is CCOc1[c]nn[nH]1. The van der Waals surface area contributed by atoms with E-state index in [2.05, 4.69) is 21.6 Å². The van der Waals surface area contributed by atoms with Gasteiger partial charge >= 0.3 is 0 Å². The average molecular weight is 112 g/mol. The first-order valence-corrected chi connectivity index (χ1v) is 2.35. The Kier molecular flexibility index (Phi) is 1.46. The van der Waals surface area contributed by atoms with E-state index < -0.39 is 0 Å². The molecule has 4 nitrogen and oxygen atoms in total. The molecule has 0 bridgehead atoms. The van der Waals surface area contributed by atoms with E-state index in [9.17, 15) is 0 Å². The molecule has 1 aromatic heterocycles. The van der Waals surface area contributed by atoms with Crippen LogP contribution in [0.2, 0.25) is 0 Å². The summed E-state index contributed by atoms with van der Waals surface area (Å²) in [5.41, 5.74) is 0. The van der Waals surface area contributed by atoms with Crippen molar-refractivity contribution in [3.8, 4) is 5.88 Å². The first-order chi connectivity index (χ1) is 3.93. The Labute approximate surface area is 46.9 Å². The van der Waals surface area contributed by atoms with Crippen molar-refractivity contribution in [2.75, 3.05) is 6.61 Å². The van der Waals surface area contributed by atoms with Crippen LogP contribution in [0.15, 0.2) is 0 Å². The maximum atomic E-state index is 4.91. The highest BCUT2D eigenvalue weighted by molar-refractivity contribution is 4.94. The summed E-state index contributed by atoms with van der Waals surface area (Å²) in [4.78, 5) is 0. The van der Waals surface area contributed by atoms with E-state index in [0.717, 1.165) is 0 Å². The number of hydrogen-bond acceptors (Lipinski definition) is 3. The lowest BCUT2D eigenvalue weighted by atomic mass is 10.8. The van der Waals surface area contributed by atoms with Crippen LogP contribution in [0, 0.1) is 6.20 Å². The Morgan fingerprint density at radius 2 is 2.75 bits per heavy atom. The summed E-state index contributed by atoms with van der Waals surface area (Å²) in [6.07, 6.45) is 2.50. The summed E-state index contributed by atoms with van der Waals surface area (Å²) in [6, 6.07) is 0. The Bertz CT molecular complexity index is 137. The monoisotopic (exact) mass is 112 g/mol. The summed E-state index contributed by atoms with van der Waals surface area (Å²) in [5, 5.41) is 9.27. The fourth-order valence-corrected chi connectivity index (χ4v) is 0.375. The molecule has 1 rings (SSSR count). The third kappa shape index (κ3) is 0.959. The minimum atomic E-state index is 0.493. The van der Waals surface area contributed by atoms with Crippen LogP contribution in [0.25, 0.3) is 0 Å². The van der Waals surface area contributed by atoms with Crippen LogP contribution in [0.3, 0.4) is 0 Å². The van der Waals surface area contributed by atoms with Crippen LogP contribution in [0.5, 0.6) is 5.88 Å². The van der Waals surface area contributed by atoms with E-state index in [1.807, 2.05) is 6.92 Å². The van der Waals surface area contributed by atoms with Crippen molar-refractivity contribution in [2.24, 2.45) is 0 Å². The number of ether oxygens (including phenoxy) is 1. The van der Waals surface area contributed by atoms with Gasteiger partial charge in [-0.3, -0.25) is 0 Å². The number of nitrogens with one attached hydrogen (secondary N) is 1. The van der Waals surface area contributed by atoms with Crippen LogP contribution >= 0.6 is 0 Å². The van der Waals surface area contributed by atoms with E-state index in [0.29, 0.717) is 12.5 Å². The molecule has 1 aromatic rings. The Morgan fingerprint density at radius 1 is 1.88 bits per heavy atom. The van der Waals surface area contributed by atoms with Gasteiger partial charge in [-0.2, -0.15) is 0 Å². The van der Waals surface area contributed by atoms with Gasteiger partial charge in [0, 0.05) is 0 Å². The van der Waals surface area contributed by atoms with Gasteiger partial charge in [0.25, 0.3) is 0 Å². The minimum Gasteiger partial charge on any atom is -0.477 e. The number of hydrogen-bond donors (Lipinski definition) is 1. The average Bonchev–Trinajstić information content (AvgIpc) is 2.19. The van der Waals surface area contributed by atoms with Crippen molar-refractivity contribution in [1.82, 2.24) is 15.4 Å². The molecule has 43 valence electrons. The number of aromatic amines is 1. The quantitative estimate of drug-likeness (QED) is 0.586. The summed E-state index contributed by atoms with van der Waals surface area (Å²) in [6.45, 7) is 2.50. The minimum absolute atomic E-state index is 0.493. The molecule has 1 N–H and O–H groups in total. The zero-order valence-electron chi connectivity index (χ0n) is 4.51. The molecule has 0 aliphatic carbocycles. The topological polar surface area (TPSA) is 50.8 Å². The van der Waals surface area contributed by atoms with Gasteiger partial charge in [-0.15, -0.1) is 5.10 Å². The van der Waals surface area contributed by atoms with Gasteiger partial charge in [0.05, 0.1) is 6.61 Å².